The van der Waals surface area contributed by atoms with Crippen molar-refractivity contribution < 1.29 is 9.53 Å². The Morgan fingerprint density at radius 3 is 2.78 bits per heavy atom. The second-order valence-electron chi connectivity index (χ2n) is 7.33. The molecule has 0 N–H and O–H groups in total. The van der Waals surface area contributed by atoms with E-state index >= 15 is 0 Å². The number of hydrogen-bond donors (Lipinski definition) is 0. The summed E-state index contributed by atoms with van der Waals surface area (Å²) < 4.78 is 7.50. The molecule has 1 aliphatic carbocycles. The number of ether oxygens (including phenoxy) is 1. The minimum atomic E-state index is 0.0610. The Labute approximate surface area is 137 Å². The number of aromatic nitrogens is 2. The van der Waals surface area contributed by atoms with E-state index in [2.05, 4.69) is 10.00 Å². The van der Waals surface area contributed by atoms with Crippen molar-refractivity contribution in [2.75, 3.05) is 39.4 Å². The highest BCUT2D eigenvalue weighted by Crippen LogP contribution is 2.37. The fourth-order valence-corrected chi connectivity index (χ4v) is 3.94. The summed E-state index contributed by atoms with van der Waals surface area (Å²) in [7, 11) is 1.84. The van der Waals surface area contributed by atoms with E-state index in [0.29, 0.717) is 5.69 Å². The van der Waals surface area contributed by atoms with Crippen molar-refractivity contribution in [3.05, 3.63) is 18.0 Å². The molecule has 0 aromatic carbocycles. The van der Waals surface area contributed by atoms with Gasteiger partial charge in [0.25, 0.3) is 5.91 Å². The number of rotatable bonds is 3. The van der Waals surface area contributed by atoms with E-state index < -0.39 is 0 Å². The lowest BCUT2D eigenvalue weighted by molar-refractivity contribution is -0.0933. The van der Waals surface area contributed by atoms with Gasteiger partial charge in [-0.3, -0.25) is 14.4 Å². The molecular formula is C17H26N4O2. The molecule has 3 aliphatic rings. The largest absolute Gasteiger partial charge is 0.378 e. The van der Waals surface area contributed by atoms with Crippen molar-refractivity contribution in [1.82, 2.24) is 19.6 Å². The summed E-state index contributed by atoms with van der Waals surface area (Å²) in [5.74, 6) is 0.962. The molecule has 0 unspecified atom stereocenters. The summed E-state index contributed by atoms with van der Waals surface area (Å²) in [4.78, 5) is 17.2. The molecule has 3 heterocycles. The van der Waals surface area contributed by atoms with Gasteiger partial charge in [-0.25, -0.2) is 0 Å². The van der Waals surface area contributed by atoms with E-state index in [9.17, 15) is 4.79 Å². The molecule has 3 fully saturated rings. The minimum absolute atomic E-state index is 0.0610. The number of likely N-dealkylation sites (tertiary alicyclic amines) is 1. The van der Waals surface area contributed by atoms with E-state index in [0.717, 1.165) is 51.6 Å². The lowest BCUT2D eigenvalue weighted by Gasteiger charge is -2.51. The standard InChI is InChI=1S/C17H26N4O2/c1-19-7-4-15(18-19)16(22)20-8-5-17(6-9-20)13-23-11-10-21(17)12-14-2-3-14/h4,7,14H,2-3,5-6,8-13H2,1H3. The van der Waals surface area contributed by atoms with E-state index in [1.165, 1.54) is 19.4 Å². The molecule has 2 aliphatic heterocycles. The third-order valence-corrected chi connectivity index (χ3v) is 5.64. The molecule has 4 rings (SSSR count). The van der Waals surface area contributed by atoms with Crippen LogP contribution in [0.25, 0.3) is 0 Å². The van der Waals surface area contributed by atoms with Gasteiger partial charge in [-0.15, -0.1) is 0 Å². The van der Waals surface area contributed by atoms with Gasteiger partial charge in [0.15, 0.2) is 0 Å². The number of carbonyl (C=O) groups is 1. The molecule has 6 nitrogen and oxygen atoms in total. The first-order chi connectivity index (χ1) is 11.2. The summed E-state index contributed by atoms with van der Waals surface area (Å²) >= 11 is 0. The highest BCUT2D eigenvalue weighted by Gasteiger charge is 2.44. The third kappa shape index (κ3) is 3.02. The second-order valence-corrected chi connectivity index (χ2v) is 7.33. The van der Waals surface area contributed by atoms with Crippen LogP contribution in [-0.2, 0) is 11.8 Å². The number of nitrogens with zero attached hydrogens (tertiary/aromatic N) is 4. The van der Waals surface area contributed by atoms with Gasteiger partial charge in [-0.05, 0) is 37.7 Å². The molecule has 0 radical (unpaired) electrons. The van der Waals surface area contributed by atoms with Crippen LogP contribution in [-0.4, -0.2) is 70.4 Å². The maximum atomic E-state index is 12.6. The molecule has 23 heavy (non-hydrogen) atoms. The lowest BCUT2D eigenvalue weighted by atomic mass is 9.85. The Hall–Kier alpha value is -1.40. The zero-order valence-corrected chi connectivity index (χ0v) is 13.9. The van der Waals surface area contributed by atoms with Crippen LogP contribution in [0.2, 0.25) is 0 Å². The topological polar surface area (TPSA) is 50.6 Å². The number of piperidine rings is 1. The van der Waals surface area contributed by atoms with Crippen LogP contribution in [0.3, 0.4) is 0 Å². The van der Waals surface area contributed by atoms with Crippen LogP contribution >= 0.6 is 0 Å². The van der Waals surface area contributed by atoms with Crippen molar-refractivity contribution in [3.63, 3.8) is 0 Å². The second kappa shape index (κ2) is 5.91. The predicted octanol–water partition coefficient (Wildman–Crippen LogP) is 1.14. The maximum Gasteiger partial charge on any atom is 0.274 e. The number of hydrogen-bond acceptors (Lipinski definition) is 4. The summed E-state index contributed by atoms with van der Waals surface area (Å²) in [5, 5.41) is 4.24. The maximum absolute atomic E-state index is 12.6. The highest BCUT2D eigenvalue weighted by molar-refractivity contribution is 5.92. The first-order valence-corrected chi connectivity index (χ1v) is 8.78. The average molecular weight is 318 g/mol. The number of amides is 1. The number of morpholine rings is 1. The SMILES string of the molecule is Cn1ccc(C(=O)N2CCC3(CC2)COCCN3CC2CC2)n1. The normalized spacial score (nSPS) is 25.0. The summed E-state index contributed by atoms with van der Waals surface area (Å²) in [6.07, 6.45) is 6.62. The molecule has 2 saturated heterocycles. The highest BCUT2D eigenvalue weighted by atomic mass is 16.5. The molecule has 126 valence electrons. The quantitative estimate of drug-likeness (QED) is 0.838. The van der Waals surface area contributed by atoms with Gasteiger partial charge >= 0.3 is 0 Å². The van der Waals surface area contributed by atoms with Gasteiger partial charge in [0, 0.05) is 45.0 Å². The van der Waals surface area contributed by atoms with Crippen molar-refractivity contribution in [3.8, 4) is 0 Å². The monoisotopic (exact) mass is 318 g/mol. The number of carbonyl (C=O) groups excluding carboxylic acids is 1. The lowest BCUT2D eigenvalue weighted by Crippen LogP contribution is -2.62. The van der Waals surface area contributed by atoms with Gasteiger partial charge in [-0.2, -0.15) is 5.10 Å². The molecule has 1 aromatic rings. The van der Waals surface area contributed by atoms with Crippen LogP contribution in [0, 0.1) is 5.92 Å². The Bertz CT molecular complexity index is 573. The first-order valence-electron chi connectivity index (χ1n) is 8.78. The fraction of sp³-hybridized carbons (Fsp3) is 0.765. The summed E-state index contributed by atoms with van der Waals surface area (Å²) in [6.45, 7) is 5.55. The van der Waals surface area contributed by atoms with Crippen molar-refractivity contribution in [2.24, 2.45) is 13.0 Å². The van der Waals surface area contributed by atoms with Gasteiger partial charge in [0.2, 0.25) is 0 Å². The van der Waals surface area contributed by atoms with Gasteiger partial charge in [-0.1, -0.05) is 0 Å². The Balaban J connectivity index is 1.41. The Kier molecular flexibility index (Phi) is 3.89. The van der Waals surface area contributed by atoms with Crippen molar-refractivity contribution in [1.29, 1.82) is 0 Å². The van der Waals surface area contributed by atoms with Gasteiger partial charge < -0.3 is 9.64 Å². The van der Waals surface area contributed by atoms with E-state index in [4.69, 9.17) is 4.74 Å². The number of aryl methyl sites for hydroxylation is 1. The van der Waals surface area contributed by atoms with Crippen molar-refractivity contribution in [2.45, 2.75) is 31.2 Å². The molecule has 1 saturated carbocycles. The van der Waals surface area contributed by atoms with E-state index in [1.54, 1.807) is 10.7 Å². The predicted molar refractivity (Wildman–Crippen MR) is 86.2 cm³/mol. The van der Waals surface area contributed by atoms with E-state index in [-0.39, 0.29) is 11.4 Å². The van der Waals surface area contributed by atoms with E-state index in [1.807, 2.05) is 18.1 Å². The first kappa shape index (κ1) is 15.1. The molecule has 0 atom stereocenters. The fourth-order valence-electron chi connectivity index (χ4n) is 3.94. The molecule has 1 amide bonds. The van der Waals surface area contributed by atoms with Crippen LogP contribution in [0.1, 0.15) is 36.2 Å². The minimum Gasteiger partial charge on any atom is -0.378 e. The molecule has 1 spiro atoms. The Morgan fingerprint density at radius 1 is 1.35 bits per heavy atom. The zero-order chi connectivity index (χ0) is 15.9. The van der Waals surface area contributed by atoms with Gasteiger partial charge in [0.1, 0.15) is 5.69 Å². The van der Waals surface area contributed by atoms with Crippen LogP contribution in [0.15, 0.2) is 12.3 Å². The van der Waals surface area contributed by atoms with Crippen LogP contribution < -0.4 is 0 Å². The third-order valence-electron chi connectivity index (χ3n) is 5.64. The van der Waals surface area contributed by atoms with Crippen LogP contribution in [0.5, 0.6) is 0 Å². The zero-order valence-electron chi connectivity index (χ0n) is 13.9. The summed E-state index contributed by atoms with van der Waals surface area (Å²) in [5.41, 5.74) is 0.708. The molecular weight excluding hydrogens is 292 g/mol. The molecule has 0 bridgehead atoms. The van der Waals surface area contributed by atoms with Crippen molar-refractivity contribution >= 4 is 5.91 Å². The Morgan fingerprint density at radius 2 is 2.13 bits per heavy atom. The van der Waals surface area contributed by atoms with Gasteiger partial charge in [0.05, 0.1) is 13.2 Å². The smallest absolute Gasteiger partial charge is 0.274 e. The van der Waals surface area contributed by atoms with Crippen LogP contribution in [0.4, 0.5) is 0 Å². The average Bonchev–Trinajstić information content (AvgIpc) is 3.28. The molecule has 6 heteroatoms. The molecule has 1 aromatic heterocycles. The summed E-state index contributed by atoms with van der Waals surface area (Å²) in [6, 6.07) is 1.80.